The average molecular weight is 299 g/mol. The van der Waals surface area contributed by atoms with Gasteiger partial charge in [-0.1, -0.05) is 13.8 Å². The van der Waals surface area contributed by atoms with E-state index in [4.69, 9.17) is 0 Å². The van der Waals surface area contributed by atoms with Gasteiger partial charge < -0.3 is 0 Å². The second-order valence-electron chi connectivity index (χ2n) is 4.46. The Morgan fingerprint density at radius 2 is 1.42 bits per heavy atom. The van der Waals surface area contributed by atoms with Crippen molar-refractivity contribution in [3.8, 4) is 0 Å². The van der Waals surface area contributed by atoms with Crippen molar-refractivity contribution >= 4 is 10.0 Å². The molecule has 3 nitrogen and oxygen atoms in total. The molecule has 0 saturated carbocycles. The van der Waals surface area contributed by atoms with Crippen LogP contribution in [0.3, 0.4) is 0 Å². The van der Waals surface area contributed by atoms with Crippen LogP contribution < -0.4 is 4.72 Å². The summed E-state index contributed by atoms with van der Waals surface area (Å²) in [6, 6.07) is 0. The summed E-state index contributed by atoms with van der Waals surface area (Å²) < 4.78 is 78.8. The highest BCUT2D eigenvalue weighted by atomic mass is 32.2. The molecule has 0 fully saturated rings. The smallest absolute Gasteiger partial charge is 0.211 e. The number of halogens is 4. The van der Waals surface area contributed by atoms with E-state index in [1.165, 1.54) is 0 Å². The number of nitrogens with one attached hydrogen (secondary N) is 1. The lowest BCUT2D eigenvalue weighted by Gasteiger charge is -2.12. The maximum absolute atomic E-state index is 13.5. The predicted molar refractivity (Wildman–Crippen MR) is 61.0 cm³/mol. The molecule has 19 heavy (non-hydrogen) atoms. The minimum Gasteiger partial charge on any atom is -0.211 e. The van der Waals surface area contributed by atoms with Gasteiger partial charge in [0.2, 0.25) is 10.0 Å². The summed E-state index contributed by atoms with van der Waals surface area (Å²) in [4.78, 5) is -1.63. The highest BCUT2D eigenvalue weighted by Crippen LogP contribution is 2.26. The van der Waals surface area contributed by atoms with Crippen molar-refractivity contribution in [2.45, 2.75) is 25.7 Å². The standard InChI is InChI=1S/C11H13F4NO2S/c1-5(2)4-16-19(17,18)11-9(14)7(12)6(3)8(13)10(11)15/h5,16H,4H2,1-3H3. The van der Waals surface area contributed by atoms with Gasteiger partial charge in [0, 0.05) is 12.1 Å². The Kier molecular flexibility index (Phi) is 4.57. The molecule has 0 radical (unpaired) electrons. The number of hydrogen-bond donors (Lipinski definition) is 1. The molecule has 0 atom stereocenters. The van der Waals surface area contributed by atoms with E-state index in [0.29, 0.717) is 0 Å². The largest absolute Gasteiger partial charge is 0.246 e. The van der Waals surface area contributed by atoms with Crippen LogP contribution in [0.1, 0.15) is 19.4 Å². The van der Waals surface area contributed by atoms with Crippen LogP contribution in [0.2, 0.25) is 0 Å². The predicted octanol–water partition coefficient (Wildman–Crippen LogP) is 2.49. The van der Waals surface area contributed by atoms with Crippen LogP contribution in [0.15, 0.2) is 4.90 Å². The maximum Gasteiger partial charge on any atom is 0.246 e. The molecule has 1 rings (SSSR count). The summed E-state index contributed by atoms with van der Waals surface area (Å²) in [6.07, 6.45) is 0. The molecule has 0 aliphatic rings. The first-order chi connectivity index (χ1) is 8.59. The summed E-state index contributed by atoms with van der Waals surface area (Å²) in [5, 5.41) is 0. The first kappa shape index (κ1) is 15.9. The zero-order chi connectivity index (χ0) is 15.0. The SMILES string of the molecule is Cc1c(F)c(F)c(S(=O)(=O)NCC(C)C)c(F)c1F. The molecule has 0 unspecified atom stereocenters. The minimum absolute atomic E-state index is 0.113. The highest BCUT2D eigenvalue weighted by Gasteiger charge is 2.31. The number of benzene rings is 1. The van der Waals surface area contributed by atoms with Crippen molar-refractivity contribution in [1.82, 2.24) is 4.72 Å². The van der Waals surface area contributed by atoms with Crippen LogP contribution >= 0.6 is 0 Å². The van der Waals surface area contributed by atoms with Gasteiger partial charge in [0.15, 0.2) is 28.2 Å². The first-order valence-corrected chi connectivity index (χ1v) is 6.90. The Morgan fingerprint density at radius 3 is 1.79 bits per heavy atom. The van der Waals surface area contributed by atoms with E-state index in [0.717, 1.165) is 6.92 Å². The summed E-state index contributed by atoms with van der Waals surface area (Å²) >= 11 is 0. The fourth-order valence-electron chi connectivity index (χ4n) is 1.31. The molecule has 1 aromatic rings. The molecule has 0 spiro atoms. The van der Waals surface area contributed by atoms with E-state index in [-0.39, 0.29) is 12.5 Å². The summed E-state index contributed by atoms with van der Waals surface area (Å²) in [5.74, 6) is -7.42. The van der Waals surface area contributed by atoms with E-state index in [9.17, 15) is 26.0 Å². The second-order valence-corrected chi connectivity index (χ2v) is 6.16. The van der Waals surface area contributed by atoms with Gasteiger partial charge >= 0.3 is 0 Å². The molecule has 8 heteroatoms. The Balaban J connectivity index is 3.43. The molecule has 0 aliphatic carbocycles. The molecule has 1 aromatic carbocycles. The van der Waals surface area contributed by atoms with Gasteiger partial charge in [-0.2, -0.15) is 0 Å². The fourth-order valence-corrected chi connectivity index (χ4v) is 2.65. The molecule has 0 saturated heterocycles. The Hall–Kier alpha value is -1.15. The highest BCUT2D eigenvalue weighted by molar-refractivity contribution is 7.89. The molecule has 0 aliphatic heterocycles. The van der Waals surface area contributed by atoms with Crippen molar-refractivity contribution in [2.24, 2.45) is 5.92 Å². The summed E-state index contributed by atoms with van der Waals surface area (Å²) in [7, 11) is -4.66. The van der Waals surface area contributed by atoms with Crippen molar-refractivity contribution in [1.29, 1.82) is 0 Å². The molecule has 0 aromatic heterocycles. The van der Waals surface area contributed by atoms with Gasteiger partial charge in [-0.3, -0.25) is 0 Å². The lowest BCUT2D eigenvalue weighted by molar-refractivity contribution is 0.410. The van der Waals surface area contributed by atoms with E-state index < -0.39 is 43.8 Å². The van der Waals surface area contributed by atoms with Gasteiger partial charge in [-0.25, -0.2) is 30.7 Å². The fraction of sp³-hybridized carbons (Fsp3) is 0.455. The normalized spacial score (nSPS) is 12.2. The maximum atomic E-state index is 13.5. The van der Waals surface area contributed by atoms with Crippen LogP contribution in [-0.4, -0.2) is 15.0 Å². The van der Waals surface area contributed by atoms with Crippen LogP contribution in [0.4, 0.5) is 17.6 Å². The zero-order valence-electron chi connectivity index (χ0n) is 10.5. The lowest BCUT2D eigenvalue weighted by Crippen LogP contribution is -2.30. The van der Waals surface area contributed by atoms with Crippen LogP contribution in [0, 0.1) is 36.1 Å². The number of rotatable bonds is 4. The summed E-state index contributed by atoms with van der Waals surface area (Å²) in [6.45, 7) is 4.02. The van der Waals surface area contributed by atoms with Crippen molar-refractivity contribution in [3.05, 3.63) is 28.8 Å². The zero-order valence-corrected chi connectivity index (χ0v) is 11.3. The van der Waals surface area contributed by atoms with E-state index in [2.05, 4.69) is 0 Å². The van der Waals surface area contributed by atoms with Gasteiger partial charge in [0.1, 0.15) is 0 Å². The van der Waals surface area contributed by atoms with E-state index >= 15 is 0 Å². The lowest BCUT2D eigenvalue weighted by atomic mass is 10.2. The van der Waals surface area contributed by atoms with Crippen LogP contribution in [0.25, 0.3) is 0 Å². The third-order valence-corrected chi connectivity index (χ3v) is 3.84. The molecular weight excluding hydrogens is 286 g/mol. The average Bonchev–Trinajstić information content (AvgIpc) is 2.31. The Morgan fingerprint density at radius 1 is 1.00 bits per heavy atom. The van der Waals surface area contributed by atoms with E-state index in [1.807, 2.05) is 4.72 Å². The second kappa shape index (κ2) is 5.46. The quantitative estimate of drug-likeness (QED) is 0.686. The third kappa shape index (κ3) is 3.06. The van der Waals surface area contributed by atoms with Crippen LogP contribution in [-0.2, 0) is 10.0 Å². The minimum atomic E-state index is -4.66. The molecular formula is C11H13F4NO2S. The van der Waals surface area contributed by atoms with Gasteiger partial charge in [0.25, 0.3) is 0 Å². The van der Waals surface area contributed by atoms with Gasteiger partial charge in [-0.15, -0.1) is 0 Å². The number of hydrogen-bond acceptors (Lipinski definition) is 2. The molecule has 0 heterocycles. The van der Waals surface area contributed by atoms with Gasteiger partial charge in [0.05, 0.1) is 0 Å². The third-order valence-electron chi connectivity index (χ3n) is 2.39. The molecule has 0 amide bonds. The van der Waals surface area contributed by atoms with Crippen molar-refractivity contribution in [3.63, 3.8) is 0 Å². The van der Waals surface area contributed by atoms with Crippen molar-refractivity contribution < 1.29 is 26.0 Å². The van der Waals surface area contributed by atoms with Crippen molar-refractivity contribution in [2.75, 3.05) is 6.54 Å². The van der Waals surface area contributed by atoms with Gasteiger partial charge in [-0.05, 0) is 12.8 Å². The van der Waals surface area contributed by atoms with Crippen LogP contribution in [0.5, 0.6) is 0 Å². The Bertz CT molecular complexity index is 570. The Labute approximate surface area is 108 Å². The monoisotopic (exact) mass is 299 g/mol. The molecule has 108 valence electrons. The molecule has 1 N–H and O–H groups in total. The topological polar surface area (TPSA) is 46.2 Å². The molecule has 0 bridgehead atoms. The first-order valence-electron chi connectivity index (χ1n) is 5.41. The van der Waals surface area contributed by atoms with E-state index in [1.54, 1.807) is 13.8 Å². The number of sulfonamides is 1. The summed E-state index contributed by atoms with van der Waals surface area (Å²) in [5.41, 5.74) is -0.905.